The van der Waals surface area contributed by atoms with Gasteiger partial charge in [0.1, 0.15) is 0 Å². The molecule has 0 aromatic heterocycles. The quantitative estimate of drug-likeness (QED) is 0.507. The molecule has 6 rings (SSSR count). The Morgan fingerprint density at radius 1 is 1.12 bits per heavy atom. The second-order valence-corrected chi connectivity index (χ2v) is 10.3. The number of carboxylic acids is 1. The minimum absolute atomic E-state index is 0.172. The summed E-state index contributed by atoms with van der Waals surface area (Å²) in [6, 6.07) is 7.02. The van der Waals surface area contributed by atoms with Crippen LogP contribution >= 0.6 is 0 Å². The summed E-state index contributed by atoms with van der Waals surface area (Å²) in [5.41, 5.74) is 0.849. The molecular weight excluding hydrogens is 412 g/mol. The summed E-state index contributed by atoms with van der Waals surface area (Å²) in [6.45, 7) is 7.01. The van der Waals surface area contributed by atoms with Crippen molar-refractivity contribution in [2.45, 2.75) is 83.3 Å². The number of rotatable bonds is 6. The molecule has 0 amide bonds. The smallest absolute Gasteiger partial charge is 0.335 e. The predicted octanol–water partition coefficient (Wildman–Crippen LogP) is 4.54. The zero-order valence-corrected chi connectivity index (χ0v) is 19.1. The first-order chi connectivity index (χ1) is 15.3. The van der Waals surface area contributed by atoms with Crippen LogP contribution in [0.5, 0.6) is 0 Å². The van der Waals surface area contributed by atoms with E-state index in [0.29, 0.717) is 24.0 Å². The van der Waals surface area contributed by atoms with Crippen LogP contribution in [0.3, 0.4) is 0 Å². The van der Waals surface area contributed by atoms with Crippen molar-refractivity contribution < 1.29 is 33.9 Å². The topological polar surface area (TPSA) is 83.5 Å². The Morgan fingerprint density at radius 3 is 2.66 bits per heavy atom. The van der Waals surface area contributed by atoms with Crippen LogP contribution in [-0.2, 0) is 30.4 Å². The molecule has 5 fully saturated rings. The highest BCUT2D eigenvalue weighted by molar-refractivity contribution is 5.87. The van der Waals surface area contributed by atoms with Crippen LogP contribution in [0.4, 0.5) is 0 Å². The highest BCUT2D eigenvalue weighted by Crippen LogP contribution is 2.60. The SMILES string of the molecule is C[C@H]1[C@H](OCCCc2ccc(C(=O)O)cc2)O[C@@H]2O[C@@]3(C)CC[C@H]4[C@H](C)CC[C@@H]1[C@@]24OO3. The van der Waals surface area contributed by atoms with Crippen molar-refractivity contribution in [1.29, 1.82) is 0 Å². The molecule has 7 heteroatoms. The van der Waals surface area contributed by atoms with E-state index in [1.165, 1.54) is 6.42 Å². The second-order valence-electron chi connectivity index (χ2n) is 10.3. The van der Waals surface area contributed by atoms with Crippen LogP contribution < -0.4 is 0 Å². The molecule has 1 N–H and O–H groups in total. The third kappa shape index (κ3) is 3.68. The van der Waals surface area contributed by atoms with Gasteiger partial charge in [-0.25, -0.2) is 14.6 Å². The predicted molar refractivity (Wildman–Crippen MR) is 115 cm³/mol. The van der Waals surface area contributed by atoms with E-state index in [1.54, 1.807) is 12.1 Å². The molecule has 0 unspecified atom stereocenters. The Kier molecular flexibility index (Phi) is 5.83. The van der Waals surface area contributed by atoms with Crippen LogP contribution in [0.1, 0.15) is 68.8 Å². The lowest BCUT2D eigenvalue weighted by Crippen LogP contribution is -2.70. The number of benzene rings is 1. The van der Waals surface area contributed by atoms with Crippen molar-refractivity contribution in [3.63, 3.8) is 0 Å². The van der Waals surface area contributed by atoms with Gasteiger partial charge in [0.15, 0.2) is 18.2 Å². The molecule has 4 aliphatic heterocycles. The number of aryl methyl sites for hydroxylation is 1. The molecule has 1 saturated carbocycles. The Hall–Kier alpha value is -1.51. The van der Waals surface area contributed by atoms with E-state index in [4.69, 9.17) is 29.1 Å². The molecule has 7 nitrogen and oxygen atoms in total. The van der Waals surface area contributed by atoms with Crippen LogP contribution in [0.2, 0.25) is 0 Å². The fourth-order valence-corrected chi connectivity index (χ4v) is 6.35. The fraction of sp³-hybridized carbons (Fsp3) is 0.720. The summed E-state index contributed by atoms with van der Waals surface area (Å²) in [6.07, 6.45) is 4.88. The standard InChI is InChI=1S/C25H34O7/c1-15-6-11-20-16(2)22(28-14-4-5-17-7-9-18(10-8-17)21(26)27)29-23-25(20)19(15)12-13-24(3,30-23)31-32-25/h7-10,15-16,19-20,22-23H,4-6,11-14H2,1-3H3,(H,26,27)/t15-,16-,19+,20+,22-,23-,24-,25-/m1/s1. The van der Waals surface area contributed by atoms with Gasteiger partial charge >= 0.3 is 5.97 Å². The summed E-state index contributed by atoms with van der Waals surface area (Å²) in [5.74, 6) is -0.345. The van der Waals surface area contributed by atoms with E-state index < -0.39 is 23.6 Å². The second kappa shape index (κ2) is 8.37. The van der Waals surface area contributed by atoms with Gasteiger partial charge < -0.3 is 19.3 Å². The Labute approximate surface area is 189 Å². The highest BCUT2D eigenvalue weighted by Gasteiger charge is 2.69. The number of hydrogen-bond acceptors (Lipinski definition) is 6. The maximum Gasteiger partial charge on any atom is 0.335 e. The Balaban J connectivity index is 1.24. The van der Waals surface area contributed by atoms with Gasteiger partial charge in [-0.1, -0.05) is 26.0 Å². The molecule has 4 saturated heterocycles. The Bertz CT molecular complexity index is 841. The molecule has 1 aliphatic carbocycles. The van der Waals surface area contributed by atoms with Gasteiger partial charge in [-0.15, -0.1) is 0 Å². The van der Waals surface area contributed by atoms with Crippen LogP contribution in [0.15, 0.2) is 24.3 Å². The number of ether oxygens (including phenoxy) is 3. The molecule has 1 spiro atoms. The van der Waals surface area contributed by atoms with Crippen molar-refractivity contribution in [3.8, 4) is 0 Å². The minimum atomic E-state index is -0.905. The van der Waals surface area contributed by atoms with Crippen molar-refractivity contribution in [2.24, 2.45) is 23.7 Å². The minimum Gasteiger partial charge on any atom is -0.478 e. The lowest BCUT2D eigenvalue weighted by molar-refractivity contribution is -0.577. The largest absolute Gasteiger partial charge is 0.478 e. The number of hydrogen-bond donors (Lipinski definition) is 1. The van der Waals surface area contributed by atoms with Gasteiger partial charge in [-0.05, 0) is 68.6 Å². The third-order valence-electron chi connectivity index (χ3n) is 8.19. The maximum absolute atomic E-state index is 11.0. The van der Waals surface area contributed by atoms with Gasteiger partial charge in [0.2, 0.25) is 5.79 Å². The first-order valence-corrected chi connectivity index (χ1v) is 12.0. The van der Waals surface area contributed by atoms with Gasteiger partial charge in [0.05, 0.1) is 12.2 Å². The van der Waals surface area contributed by atoms with E-state index in [0.717, 1.165) is 37.7 Å². The Morgan fingerprint density at radius 2 is 1.91 bits per heavy atom. The van der Waals surface area contributed by atoms with Gasteiger partial charge in [0, 0.05) is 18.3 Å². The number of fused-ring (bicyclic) bond motifs is 2. The van der Waals surface area contributed by atoms with Crippen molar-refractivity contribution in [1.82, 2.24) is 0 Å². The van der Waals surface area contributed by atoms with Crippen LogP contribution in [-0.4, -0.2) is 41.7 Å². The van der Waals surface area contributed by atoms with Crippen LogP contribution in [0, 0.1) is 23.7 Å². The number of carbonyl (C=O) groups is 1. The van der Waals surface area contributed by atoms with Gasteiger partial charge in [0.25, 0.3) is 0 Å². The molecule has 5 aliphatic rings. The van der Waals surface area contributed by atoms with Crippen molar-refractivity contribution in [3.05, 3.63) is 35.4 Å². The maximum atomic E-state index is 11.0. The van der Waals surface area contributed by atoms with E-state index in [9.17, 15) is 4.79 Å². The molecule has 0 radical (unpaired) electrons. The summed E-state index contributed by atoms with van der Waals surface area (Å²) in [4.78, 5) is 23.0. The van der Waals surface area contributed by atoms with Gasteiger partial charge in [-0.3, -0.25) is 0 Å². The van der Waals surface area contributed by atoms with E-state index in [1.807, 2.05) is 19.1 Å². The molecule has 32 heavy (non-hydrogen) atoms. The molecule has 8 atom stereocenters. The summed E-state index contributed by atoms with van der Waals surface area (Å²) in [7, 11) is 0. The number of carboxylic acid groups (broad SMARTS) is 1. The average molecular weight is 447 g/mol. The van der Waals surface area contributed by atoms with E-state index >= 15 is 0 Å². The summed E-state index contributed by atoms with van der Waals surface area (Å²) in [5, 5.41) is 9.03. The lowest BCUT2D eigenvalue weighted by Gasteiger charge is -2.60. The molecular formula is C25H34O7. The van der Waals surface area contributed by atoms with E-state index in [-0.39, 0.29) is 18.1 Å². The summed E-state index contributed by atoms with van der Waals surface area (Å²) >= 11 is 0. The molecule has 176 valence electrons. The molecule has 2 bridgehead atoms. The normalized spacial score (nSPS) is 42.8. The average Bonchev–Trinajstić information content (AvgIpc) is 3.00. The van der Waals surface area contributed by atoms with Crippen molar-refractivity contribution in [2.75, 3.05) is 6.61 Å². The van der Waals surface area contributed by atoms with Crippen molar-refractivity contribution >= 4 is 5.97 Å². The first kappa shape index (κ1) is 22.3. The number of aromatic carboxylic acids is 1. The van der Waals surface area contributed by atoms with E-state index in [2.05, 4.69) is 13.8 Å². The monoisotopic (exact) mass is 446 g/mol. The zero-order valence-electron chi connectivity index (χ0n) is 19.1. The van der Waals surface area contributed by atoms with Crippen LogP contribution in [0.25, 0.3) is 0 Å². The summed E-state index contributed by atoms with van der Waals surface area (Å²) < 4.78 is 19.0. The first-order valence-electron chi connectivity index (χ1n) is 12.0. The third-order valence-corrected chi connectivity index (χ3v) is 8.19. The molecule has 1 aromatic rings. The van der Waals surface area contributed by atoms with Gasteiger partial charge in [-0.2, -0.15) is 0 Å². The fourth-order valence-electron chi connectivity index (χ4n) is 6.35. The molecule has 4 heterocycles. The lowest BCUT2D eigenvalue weighted by atomic mass is 9.58. The molecule has 1 aromatic carbocycles. The zero-order chi connectivity index (χ0) is 22.5. The highest BCUT2D eigenvalue weighted by atomic mass is 17.3.